The van der Waals surface area contributed by atoms with Crippen LogP contribution in [-0.4, -0.2) is 25.1 Å². The van der Waals surface area contributed by atoms with Crippen LogP contribution in [0, 0.1) is 0 Å². The minimum Gasteiger partial charge on any atom is -0.493 e. The quantitative estimate of drug-likeness (QED) is 0.499. The number of rotatable bonds is 6. The number of benzene rings is 2. The highest BCUT2D eigenvalue weighted by Crippen LogP contribution is 2.27. The summed E-state index contributed by atoms with van der Waals surface area (Å²) in [6.45, 7) is 0.556. The lowest BCUT2D eigenvalue weighted by Crippen LogP contribution is -2.03. The van der Waals surface area contributed by atoms with Gasteiger partial charge >= 0.3 is 0 Å². The minimum absolute atomic E-state index is 0.556. The lowest BCUT2D eigenvalue weighted by molar-refractivity contribution is 0.297. The number of oxime groups is 1. The molecule has 4 heteroatoms. The number of hydrogen-bond donors (Lipinski definition) is 1. The van der Waals surface area contributed by atoms with Crippen molar-refractivity contribution in [3.63, 3.8) is 0 Å². The van der Waals surface area contributed by atoms with E-state index in [0.717, 1.165) is 12.0 Å². The summed E-state index contributed by atoms with van der Waals surface area (Å²) in [7, 11) is 1.60. The molecule has 0 heterocycles. The average molecular weight is 271 g/mol. The second-order valence-corrected chi connectivity index (χ2v) is 4.24. The van der Waals surface area contributed by atoms with Crippen molar-refractivity contribution < 1.29 is 14.7 Å². The van der Waals surface area contributed by atoms with Crippen molar-refractivity contribution in [1.29, 1.82) is 0 Å². The van der Waals surface area contributed by atoms with Crippen LogP contribution < -0.4 is 9.47 Å². The third-order valence-corrected chi connectivity index (χ3v) is 2.89. The maximum Gasteiger partial charge on any atom is 0.161 e. The monoisotopic (exact) mass is 271 g/mol. The highest BCUT2D eigenvalue weighted by Gasteiger charge is 2.05. The zero-order chi connectivity index (χ0) is 14.2. The van der Waals surface area contributed by atoms with Crippen LogP contribution in [0.15, 0.2) is 53.7 Å². The van der Waals surface area contributed by atoms with Crippen molar-refractivity contribution in [3.8, 4) is 11.5 Å². The molecule has 0 fully saturated rings. The van der Waals surface area contributed by atoms with Gasteiger partial charge in [-0.1, -0.05) is 35.5 Å². The average Bonchev–Trinajstić information content (AvgIpc) is 2.49. The van der Waals surface area contributed by atoms with Crippen LogP contribution in [-0.2, 0) is 6.42 Å². The maximum atomic E-state index is 8.56. The normalized spacial score (nSPS) is 10.7. The molecule has 0 amide bonds. The summed E-state index contributed by atoms with van der Waals surface area (Å²) in [6, 6.07) is 15.5. The van der Waals surface area contributed by atoms with Gasteiger partial charge in [-0.3, -0.25) is 0 Å². The molecule has 2 aromatic rings. The van der Waals surface area contributed by atoms with Crippen molar-refractivity contribution in [2.24, 2.45) is 5.16 Å². The molecule has 0 saturated carbocycles. The van der Waals surface area contributed by atoms with E-state index in [1.165, 1.54) is 11.8 Å². The standard InChI is InChI=1S/C16H17NO3/c1-19-15-8-7-14(12-17-18)11-16(15)20-10-9-13-5-3-2-4-6-13/h2-8,11-12,18H,9-10H2,1H3/b17-12+. The van der Waals surface area contributed by atoms with Gasteiger partial charge in [0.2, 0.25) is 0 Å². The molecule has 0 unspecified atom stereocenters. The summed E-state index contributed by atoms with van der Waals surface area (Å²) in [5, 5.41) is 11.6. The zero-order valence-electron chi connectivity index (χ0n) is 11.3. The van der Waals surface area contributed by atoms with Gasteiger partial charge in [0, 0.05) is 12.0 Å². The first kappa shape index (κ1) is 13.9. The fraction of sp³-hybridized carbons (Fsp3) is 0.188. The molecule has 0 bridgehead atoms. The van der Waals surface area contributed by atoms with Gasteiger partial charge in [0.15, 0.2) is 11.5 Å². The Kier molecular flexibility index (Phi) is 5.00. The molecule has 20 heavy (non-hydrogen) atoms. The summed E-state index contributed by atoms with van der Waals surface area (Å²) in [6.07, 6.45) is 2.17. The minimum atomic E-state index is 0.556. The summed E-state index contributed by atoms with van der Waals surface area (Å²) in [4.78, 5) is 0. The van der Waals surface area contributed by atoms with Gasteiger partial charge in [0.1, 0.15) is 0 Å². The Morgan fingerprint density at radius 1 is 1.10 bits per heavy atom. The molecule has 0 spiro atoms. The van der Waals surface area contributed by atoms with E-state index < -0.39 is 0 Å². The van der Waals surface area contributed by atoms with E-state index in [9.17, 15) is 0 Å². The van der Waals surface area contributed by atoms with E-state index in [4.69, 9.17) is 14.7 Å². The van der Waals surface area contributed by atoms with E-state index in [2.05, 4.69) is 17.3 Å². The molecule has 2 aromatic carbocycles. The number of nitrogens with zero attached hydrogens (tertiary/aromatic N) is 1. The highest BCUT2D eigenvalue weighted by atomic mass is 16.5. The van der Waals surface area contributed by atoms with E-state index in [0.29, 0.717) is 18.1 Å². The van der Waals surface area contributed by atoms with Crippen LogP contribution in [0.3, 0.4) is 0 Å². The Morgan fingerprint density at radius 2 is 1.90 bits per heavy atom. The second-order valence-electron chi connectivity index (χ2n) is 4.24. The topological polar surface area (TPSA) is 51.0 Å². The SMILES string of the molecule is COc1ccc(/C=N/O)cc1OCCc1ccccc1. The molecule has 0 radical (unpaired) electrons. The third-order valence-electron chi connectivity index (χ3n) is 2.89. The van der Waals surface area contributed by atoms with E-state index in [1.54, 1.807) is 25.3 Å². The summed E-state index contributed by atoms with van der Waals surface area (Å²) < 4.78 is 11.0. The lowest BCUT2D eigenvalue weighted by atomic mass is 10.2. The van der Waals surface area contributed by atoms with Crippen LogP contribution in [0.4, 0.5) is 0 Å². The van der Waals surface area contributed by atoms with Gasteiger partial charge in [0.25, 0.3) is 0 Å². The Labute approximate surface area is 118 Å². The highest BCUT2D eigenvalue weighted by molar-refractivity contribution is 5.80. The molecule has 0 aliphatic carbocycles. The van der Waals surface area contributed by atoms with Gasteiger partial charge in [0.05, 0.1) is 19.9 Å². The van der Waals surface area contributed by atoms with Crippen molar-refractivity contribution in [2.75, 3.05) is 13.7 Å². The molecule has 0 aliphatic rings. The van der Waals surface area contributed by atoms with Crippen molar-refractivity contribution >= 4 is 6.21 Å². The largest absolute Gasteiger partial charge is 0.493 e. The third kappa shape index (κ3) is 3.75. The van der Waals surface area contributed by atoms with Crippen molar-refractivity contribution in [3.05, 3.63) is 59.7 Å². The zero-order valence-corrected chi connectivity index (χ0v) is 11.3. The molecule has 0 atom stereocenters. The number of ether oxygens (including phenoxy) is 2. The molecule has 0 aromatic heterocycles. The molecular weight excluding hydrogens is 254 g/mol. The lowest BCUT2D eigenvalue weighted by Gasteiger charge is -2.11. The Balaban J connectivity index is 2.02. The predicted octanol–water partition coefficient (Wildman–Crippen LogP) is 3.12. The second kappa shape index (κ2) is 7.19. The first-order chi connectivity index (χ1) is 9.83. The summed E-state index contributed by atoms with van der Waals surface area (Å²) in [5.74, 6) is 1.30. The molecule has 0 saturated heterocycles. The number of methoxy groups -OCH3 is 1. The Morgan fingerprint density at radius 3 is 2.60 bits per heavy atom. The van der Waals surface area contributed by atoms with E-state index >= 15 is 0 Å². The first-order valence-electron chi connectivity index (χ1n) is 6.35. The van der Waals surface area contributed by atoms with Gasteiger partial charge in [-0.05, 0) is 23.8 Å². The van der Waals surface area contributed by atoms with Gasteiger partial charge in [-0.2, -0.15) is 0 Å². The fourth-order valence-electron chi connectivity index (χ4n) is 1.88. The van der Waals surface area contributed by atoms with E-state index in [1.807, 2.05) is 18.2 Å². The van der Waals surface area contributed by atoms with Crippen LogP contribution in [0.2, 0.25) is 0 Å². The van der Waals surface area contributed by atoms with Crippen molar-refractivity contribution in [2.45, 2.75) is 6.42 Å². The summed E-state index contributed by atoms with van der Waals surface area (Å²) >= 11 is 0. The van der Waals surface area contributed by atoms with Gasteiger partial charge in [-0.15, -0.1) is 0 Å². The van der Waals surface area contributed by atoms with Crippen LogP contribution in [0.25, 0.3) is 0 Å². The summed E-state index contributed by atoms with van der Waals surface area (Å²) in [5.41, 5.74) is 1.97. The molecule has 2 rings (SSSR count). The molecule has 4 nitrogen and oxygen atoms in total. The van der Waals surface area contributed by atoms with Crippen LogP contribution in [0.1, 0.15) is 11.1 Å². The van der Waals surface area contributed by atoms with Gasteiger partial charge in [-0.25, -0.2) is 0 Å². The smallest absolute Gasteiger partial charge is 0.161 e. The number of hydrogen-bond acceptors (Lipinski definition) is 4. The van der Waals surface area contributed by atoms with Gasteiger partial charge < -0.3 is 14.7 Å². The van der Waals surface area contributed by atoms with Crippen LogP contribution in [0.5, 0.6) is 11.5 Å². The van der Waals surface area contributed by atoms with Crippen LogP contribution >= 0.6 is 0 Å². The molecular formula is C16H17NO3. The van der Waals surface area contributed by atoms with Crippen molar-refractivity contribution in [1.82, 2.24) is 0 Å². The Hall–Kier alpha value is -2.49. The maximum absolute atomic E-state index is 8.56. The molecule has 1 N–H and O–H groups in total. The fourth-order valence-corrected chi connectivity index (χ4v) is 1.88. The molecule has 104 valence electrons. The Bertz CT molecular complexity index is 567. The molecule has 0 aliphatic heterocycles. The predicted molar refractivity (Wildman–Crippen MR) is 78.0 cm³/mol. The first-order valence-corrected chi connectivity index (χ1v) is 6.35. The van der Waals surface area contributed by atoms with E-state index in [-0.39, 0.29) is 0 Å².